The molecule has 0 aromatic carbocycles. The summed E-state index contributed by atoms with van der Waals surface area (Å²) in [6.07, 6.45) is -8.18. The van der Waals surface area contributed by atoms with Crippen LogP contribution in [0.2, 0.25) is 0 Å². The summed E-state index contributed by atoms with van der Waals surface area (Å²) in [7, 11) is 0. The Balaban J connectivity index is 4.21. The molecular formula is C29H41NO14. The fourth-order valence-corrected chi connectivity index (χ4v) is 5.69. The van der Waals surface area contributed by atoms with Crippen LogP contribution in [0.5, 0.6) is 0 Å². The van der Waals surface area contributed by atoms with Gasteiger partial charge in [0.25, 0.3) is 0 Å². The van der Waals surface area contributed by atoms with Gasteiger partial charge in [-0.15, -0.1) is 0 Å². The van der Waals surface area contributed by atoms with Crippen LogP contribution in [0.25, 0.3) is 0 Å². The molecule has 7 atom stereocenters. The van der Waals surface area contributed by atoms with Gasteiger partial charge in [-0.05, 0) is 34.1 Å². The average Bonchev–Trinajstić information content (AvgIpc) is 2.86. The lowest BCUT2D eigenvalue weighted by Crippen LogP contribution is -2.64. The summed E-state index contributed by atoms with van der Waals surface area (Å²) < 4.78 is 26.9. The Morgan fingerprint density at radius 2 is 1.27 bits per heavy atom. The van der Waals surface area contributed by atoms with Gasteiger partial charge in [-0.2, -0.15) is 0 Å². The fourth-order valence-electron chi connectivity index (χ4n) is 5.69. The average molecular weight is 628 g/mol. The highest BCUT2D eigenvalue weighted by Crippen LogP contribution is 2.49. The zero-order valence-electron chi connectivity index (χ0n) is 26.5. The molecule has 15 heteroatoms. The van der Waals surface area contributed by atoms with Crippen molar-refractivity contribution < 1.29 is 62.2 Å². The number of allylic oxidation sites excluding steroid dienone is 1. The van der Waals surface area contributed by atoms with Gasteiger partial charge in [-0.25, -0.2) is 0 Å². The van der Waals surface area contributed by atoms with Crippen LogP contribution in [-0.4, -0.2) is 82.9 Å². The molecule has 0 unspecified atom stereocenters. The number of carbonyl (C=O) groups is 7. The second-order valence-corrected chi connectivity index (χ2v) is 11.0. The summed E-state index contributed by atoms with van der Waals surface area (Å²) in [4.78, 5) is 98.9. The van der Waals surface area contributed by atoms with E-state index in [0.29, 0.717) is 11.1 Å². The van der Waals surface area contributed by atoms with Crippen molar-refractivity contribution in [1.29, 1.82) is 0 Å². The third-order valence-corrected chi connectivity index (χ3v) is 7.46. The van der Waals surface area contributed by atoms with E-state index in [1.165, 1.54) is 6.92 Å². The molecule has 0 aliphatic heterocycles. The Kier molecular flexibility index (Phi) is 13.8. The minimum absolute atomic E-state index is 0.167. The first-order chi connectivity index (χ1) is 20.2. The van der Waals surface area contributed by atoms with E-state index in [-0.39, 0.29) is 12.8 Å². The van der Waals surface area contributed by atoms with Crippen molar-refractivity contribution in [3.63, 3.8) is 0 Å². The zero-order valence-corrected chi connectivity index (χ0v) is 26.5. The van der Waals surface area contributed by atoms with E-state index in [0.717, 1.165) is 41.5 Å². The molecule has 0 radical (unpaired) electrons. The van der Waals surface area contributed by atoms with E-state index < -0.39 is 101 Å². The standard InChI is InChI=1S/C29H41NO14/c1-14-10-24(29(30(38)39,12-15(14)2)23(17(4)32)11-16(3)31)26(42-20(7)35)28(44-22(9)37)27(43-21(8)36)25(41-19(6)34)13-40-18(5)33/h23-28H,10-13H2,1-9H3/t23-,24+,25+,26-,27-,28+,29-/m0/s1. The number of esters is 5. The first kappa shape index (κ1) is 37.9. The number of ether oxygens (including phenoxy) is 5. The predicted molar refractivity (Wildman–Crippen MR) is 149 cm³/mol. The molecule has 0 fully saturated rings. The molecule has 1 aliphatic rings. The molecule has 0 heterocycles. The van der Waals surface area contributed by atoms with Crippen molar-refractivity contribution in [1.82, 2.24) is 0 Å². The van der Waals surface area contributed by atoms with Crippen molar-refractivity contribution in [3.8, 4) is 0 Å². The first-order valence-electron chi connectivity index (χ1n) is 13.9. The van der Waals surface area contributed by atoms with Crippen molar-refractivity contribution in [2.24, 2.45) is 11.8 Å². The number of hydrogen-bond acceptors (Lipinski definition) is 14. The van der Waals surface area contributed by atoms with Crippen molar-refractivity contribution in [2.45, 2.75) is 112 Å². The van der Waals surface area contributed by atoms with Crippen LogP contribution in [0, 0.1) is 22.0 Å². The van der Waals surface area contributed by atoms with E-state index >= 15 is 0 Å². The molecule has 246 valence electrons. The maximum absolute atomic E-state index is 13.2. The van der Waals surface area contributed by atoms with Gasteiger partial charge < -0.3 is 23.7 Å². The normalized spacial score (nSPS) is 21.4. The van der Waals surface area contributed by atoms with Crippen molar-refractivity contribution >= 4 is 41.4 Å². The van der Waals surface area contributed by atoms with E-state index in [2.05, 4.69) is 0 Å². The molecule has 0 spiro atoms. The molecule has 44 heavy (non-hydrogen) atoms. The van der Waals surface area contributed by atoms with Crippen molar-refractivity contribution in [3.05, 3.63) is 21.3 Å². The SMILES string of the molecule is CC(=O)C[C@@H](C(C)=O)[C@@]1([N+](=O)[O-])CC(C)=C(C)C[C@@H]1[C@H](OC(C)=O)[C@@H](OC(C)=O)[C@@H](OC(C)=O)[C@@H](COC(C)=O)OC(C)=O. The summed E-state index contributed by atoms with van der Waals surface area (Å²) >= 11 is 0. The van der Waals surface area contributed by atoms with E-state index in [4.69, 9.17) is 23.7 Å². The van der Waals surface area contributed by atoms with Crippen LogP contribution in [-0.2, 0) is 57.2 Å². The fraction of sp³-hybridized carbons (Fsp3) is 0.690. The number of hydrogen-bond donors (Lipinski definition) is 0. The Labute approximate surface area is 255 Å². The monoisotopic (exact) mass is 627 g/mol. The lowest BCUT2D eigenvalue weighted by Gasteiger charge is -2.46. The summed E-state index contributed by atoms with van der Waals surface area (Å²) in [5.41, 5.74) is -1.08. The van der Waals surface area contributed by atoms with Crippen LogP contribution in [0.3, 0.4) is 0 Å². The molecule has 0 saturated heterocycles. The van der Waals surface area contributed by atoms with Gasteiger partial charge >= 0.3 is 29.8 Å². The molecule has 0 aromatic rings. The molecule has 15 nitrogen and oxygen atoms in total. The van der Waals surface area contributed by atoms with Crippen LogP contribution in [0.15, 0.2) is 11.1 Å². The number of rotatable bonds is 15. The van der Waals surface area contributed by atoms with Gasteiger partial charge in [0.15, 0.2) is 24.4 Å². The van der Waals surface area contributed by atoms with E-state index in [1.807, 2.05) is 0 Å². The minimum Gasteiger partial charge on any atom is -0.462 e. The van der Waals surface area contributed by atoms with Crippen LogP contribution < -0.4 is 0 Å². The lowest BCUT2D eigenvalue weighted by molar-refractivity contribution is -0.593. The van der Waals surface area contributed by atoms with Crippen molar-refractivity contribution in [2.75, 3.05) is 6.61 Å². The number of Topliss-reactive ketones (excluding diaryl/α,β-unsaturated/α-hetero) is 2. The van der Waals surface area contributed by atoms with Crippen LogP contribution in [0.4, 0.5) is 0 Å². The topological polar surface area (TPSA) is 209 Å². The molecule has 0 bridgehead atoms. The minimum atomic E-state index is -2.27. The van der Waals surface area contributed by atoms with Gasteiger partial charge in [0.05, 0.1) is 11.8 Å². The largest absolute Gasteiger partial charge is 0.462 e. The maximum Gasteiger partial charge on any atom is 0.303 e. The highest BCUT2D eigenvalue weighted by atomic mass is 16.6. The van der Waals surface area contributed by atoms with Crippen LogP contribution in [0.1, 0.15) is 81.6 Å². The maximum atomic E-state index is 13.2. The Morgan fingerprint density at radius 1 is 0.773 bits per heavy atom. The van der Waals surface area contributed by atoms with Gasteiger partial charge in [-0.3, -0.25) is 43.7 Å². The van der Waals surface area contributed by atoms with Gasteiger partial charge in [-0.1, -0.05) is 11.1 Å². The lowest BCUT2D eigenvalue weighted by atomic mass is 9.60. The van der Waals surface area contributed by atoms with Gasteiger partial charge in [0, 0.05) is 52.4 Å². The Hall–Kier alpha value is -4.17. The highest BCUT2D eigenvalue weighted by molar-refractivity contribution is 5.86. The van der Waals surface area contributed by atoms with E-state index in [9.17, 15) is 43.7 Å². The van der Waals surface area contributed by atoms with Crippen LogP contribution >= 0.6 is 0 Å². The number of carbonyl (C=O) groups excluding carboxylic acids is 7. The molecule has 0 amide bonds. The number of ketones is 2. The summed E-state index contributed by atoms with van der Waals surface area (Å²) in [5.74, 6) is -8.84. The second-order valence-electron chi connectivity index (χ2n) is 11.0. The molecular weight excluding hydrogens is 586 g/mol. The third-order valence-electron chi connectivity index (χ3n) is 7.46. The first-order valence-corrected chi connectivity index (χ1v) is 13.9. The zero-order chi connectivity index (χ0) is 34.1. The van der Waals surface area contributed by atoms with Gasteiger partial charge in [0.2, 0.25) is 5.54 Å². The molecule has 0 saturated carbocycles. The van der Waals surface area contributed by atoms with E-state index in [1.54, 1.807) is 13.8 Å². The Morgan fingerprint density at radius 3 is 1.68 bits per heavy atom. The summed E-state index contributed by atoms with van der Waals surface area (Å²) in [5, 5.41) is 13.2. The highest BCUT2D eigenvalue weighted by Gasteiger charge is 2.65. The number of nitrogens with zero attached hydrogens (tertiary/aromatic N) is 1. The third kappa shape index (κ3) is 9.95. The van der Waals surface area contributed by atoms with Gasteiger partial charge in [0.1, 0.15) is 18.2 Å². The number of nitro groups is 1. The smallest absolute Gasteiger partial charge is 0.303 e. The summed E-state index contributed by atoms with van der Waals surface area (Å²) in [6.45, 7) is 9.89. The predicted octanol–water partition coefficient (Wildman–Crippen LogP) is 2.22. The Bertz CT molecular complexity index is 1210. The molecule has 0 N–H and O–H groups in total. The molecule has 0 aromatic heterocycles. The molecule has 1 aliphatic carbocycles. The second kappa shape index (κ2) is 16.1. The quantitative estimate of drug-likeness (QED) is 0.0838. The summed E-state index contributed by atoms with van der Waals surface area (Å²) in [6, 6.07) is 0. The molecule has 1 rings (SSSR count).